The molecule has 1 aromatic heterocycles. The number of aromatic nitrogens is 1. The Morgan fingerprint density at radius 3 is 2.89 bits per heavy atom. The lowest BCUT2D eigenvalue weighted by atomic mass is 10.2. The summed E-state index contributed by atoms with van der Waals surface area (Å²) in [5.41, 5.74) is 1.13. The molecule has 1 aromatic carbocycles. The third-order valence-corrected chi connectivity index (χ3v) is 3.30. The van der Waals surface area contributed by atoms with Gasteiger partial charge in [0.15, 0.2) is 0 Å². The minimum absolute atomic E-state index is 0.773. The molecule has 0 atom stereocenters. The first-order chi connectivity index (χ1) is 8.79. The van der Waals surface area contributed by atoms with E-state index in [0.29, 0.717) is 0 Å². The molecular formula is C14H15IN2O. The molecule has 1 heterocycles. The Morgan fingerprint density at radius 1 is 1.28 bits per heavy atom. The van der Waals surface area contributed by atoms with Gasteiger partial charge in [0, 0.05) is 12.7 Å². The number of para-hydroxylation sites is 1. The maximum absolute atomic E-state index is 5.83. The van der Waals surface area contributed by atoms with Gasteiger partial charge in [-0.2, -0.15) is 0 Å². The topological polar surface area (TPSA) is 34.2 Å². The fourth-order valence-electron chi connectivity index (χ4n) is 1.54. The summed E-state index contributed by atoms with van der Waals surface area (Å²) in [7, 11) is 0. The summed E-state index contributed by atoms with van der Waals surface area (Å²) in [5, 5.41) is 3.27. The quantitative estimate of drug-likeness (QED) is 0.834. The molecule has 0 saturated carbocycles. The van der Waals surface area contributed by atoms with Crippen LogP contribution in [0.4, 0.5) is 0 Å². The number of pyridine rings is 1. The average Bonchev–Trinajstić information content (AvgIpc) is 2.40. The van der Waals surface area contributed by atoms with E-state index in [0.717, 1.165) is 33.7 Å². The third kappa shape index (κ3) is 3.68. The van der Waals surface area contributed by atoms with E-state index >= 15 is 0 Å². The fourth-order valence-corrected chi connectivity index (χ4v) is 2.04. The Hall–Kier alpha value is -1.14. The van der Waals surface area contributed by atoms with E-state index in [1.54, 1.807) is 6.20 Å². The molecule has 94 valence electrons. The molecule has 0 aliphatic heterocycles. The highest BCUT2D eigenvalue weighted by Gasteiger charge is 2.02. The van der Waals surface area contributed by atoms with Crippen molar-refractivity contribution >= 4 is 22.6 Å². The second-order valence-corrected chi connectivity index (χ2v) is 5.00. The van der Waals surface area contributed by atoms with Crippen molar-refractivity contribution in [1.82, 2.24) is 10.3 Å². The smallest absolute Gasteiger partial charge is 0.146 e. The summed E-state index contributed by atoms with van der Waals surface area (Å²) in [5.74, 6) is 1.63. The average molecular weight is 354 g/mol. The number of ether oxygens (including phenoxy) is 1. The fraction of sp³-hybridized carbons (Fsp3) is 0.214. The van der Waals surface area contributed by atoms with Crippen LogP contribution in [0.15, 0.2) is 42.7 Å². The Bertz CT molecular complexity index is 517. The van der Waals surface area contributed by atoms with Crippen LogP contribution >= 0.6 is 22.6 Å². The Kier molecular flexibility index (Phi) is 4.95. The monoisotopic (exact) mass is 354 g/mol. The lowest BCUT2D eigenvalue weighted by Gasteiger charge is -2.08. The van der Waals surface area contributed by atoms with Crippen LogP contribution in [-0.2, 0) is 6.54 Å². The molecule has 0 saturated heterocycles. The Morgan fingerprint density at radius 2 is 2.11 bits per heavy atom. The molecule has 0 unspecified atom stereocenters. The second kappa shape index (κ2) is 6.70. The second-order valence-electron chi connectivity index (χ2n) is 3.84. The van der Waals surface area contributed by atoms with Crippen molar-refractivity contribution in [3.8, 4) is 11.5 Å². The van der Waals surface area contributed by atoms with Crippen molar-refractivity contribution in [3.63, 3.8) is 0 Å². The van der Waals surface area contributed by atoms with Crippen molar-refractivity contribution in [3.05, 3.63) is 51.9 Å². The number of benzene rings is 1. The van der Waals surface area contributed by atoms with Gasteiger partial charge in [-0.3, -0.25) is 4.98 Å². The first kappa shape index (κ1) is 13.3. The van der Waals surface area contributed by atoms with Crippen LogP contribution in [0.2, 0.25) is 0 Å². The van der Waals surface area contributed by atoms with Gasteiger partial charge in [-0.05, 0) is 52.9 Å². The van der Waals surface area contributed by atoms with Crippen molar-refractivity contribution < 1.29 is 4.74 Å². The number of halogens is 1. The van der Waals surface area contributed by atoms with E-state index < -0.39 is 0 Å². The highest BCUT2D eigenvalue weighted by Crippen LogP contribution is 2.26. The minimum Gasteiger partial charge on any atom is -0.455 e. The van der Waals surface area contributed by atoms with Crippen LogP contribution in [0, 0.1) is 3.57 Å². The van der Waals surface area contributed by atoms with E-state index in [9.17, 15) is 0 Å². The molecule has 0 radical (unpaired) electrons. The van der Waals surface area contributed by atoms with Crippen LogP contribution in [0.5, 0.6) is 11.5 Å². The molecule has 0 amide bonds. The molecular weight excluding hydrogens is 339 g/mol. The van der Waals surface area contributed by atoms with Gasteiger partial charge in [-0.15, -0.1) is 0 Å². The zero-order valence-electron chi connectivity index (χ0n) is 10.2. The summed E-state index contributed by atoms with van der Waals surface area (Å²) < 4.78 is 6.92. The van der Waals surface area contributed by atoms with E-state index in [4.69, 9.17) is 4.74 Å². The maximum Gasteiger partial charge on any atom is 0.146 e. The van der Waals surface area contributed by atoms with Gasteiger partial charge < -0.3 is 10.1 Å². The van der Waals surface area contributed by atoms with Crippen molar-refractivity contribution in [2.75, 3.05) is 6.54 Å². The van der Waals surface area contributed by atoms with Crippen molar-refractivity contribution in [2.24, 2.45) is 0 Å². The SMILES string of the molecule is CCNCc1cncc(Oc2ccccc2I)c1. The highest BCUT2D eigenvalue weighted by atomic mass is 127. The van der Waals surface area contributed by atoms with Gasteiger partial charge in [0.05, 0.1) is 9.77 Å². The predicted molar refractivity (Wildman–Crippen MR) is 80.9 cm³/mol. The van der Waals surface area contributed by atoms with Gasteiger partial charge in [0.1, 0.15) is 11.5 Å². The predicted octanol–water partition coefficient (Wildman–Crippen LogP) is 3.59. The summed E-state index contributed by atoms with van der Waals surface area (Å²) in [4.78, 5) is 4.20. The van der Waals surface area contributed by atoms with Gasteiger partial charge in [-0.25, -0.2) is 0 Å². The van der Waals surface area contributed by atoms with Gasteiger partial charge in [0.2, 0.25) is 0 Å². The van der Waals surface area contributed by atoms with E-state index in [2.05, 4.69) is 39.8 Å². The Balaban J connectivity index is 2.12. The molecule has 0 aliphatic rings. The normalized spacial score (nSPS) is 10.3. The minimum atomic E-state index is 0.773. The van der Waals surface area contributed by atoms with Crippen LogP contribution in [-0.4, -0.2) is 11.5 Å². The zero-order chi connectivity index (χ0) is 12.8. The number of nitrogens with one attached hydrogen (secondary N) is 1. The molecule has 0 aliphatic carbocycles. The number of hydrogen-bond donors (Lipinski definition) is 1. The number of nitrogens with zero attached hydrogens (tertiary/aromatic N) is 1. The molecule has 1 N–H and O–H groups in total. The summed E-state index contributed by atoms with van der Waals surface area (Å²) in [6, 6.07) is 9.95. The van der Waals surface area contributed by atoms with Crippen LogP contribution in [0.3, 0.4) is 0 Å². The highest BCUT2D eigenvalue weighted by molar-refractivity contribution is 14.1. The number of rotatable bonds is 5. The number of hydrogen-bond acceptors (Lipinski definition) is 3. The molecule has 0 spiro atoms. The molecule has 4 heteroatoms. The first-order valence-corrected chi connectivity index (χ1v) is 6.94. The van der Waals surface area contributed by atoms with Crippen LogP contribution < -0.4 is 10.1 Å². The maximum atomic E-state index is 5.83. The molecule has 0 fully saturated rings. The van der Waals surface area contributed by atoms with Gasteiger partial charge in [-0.1, -0.05) is 19.1 Å². The standard InChI is InChI=1S/C14H15IN2O/c1-2-16-8-11-7-12(10-17-9-11)18-14-6-4-3-5-13(14)15/h3-7,9-10,16H,2,8H2,1H3. The first-order valence-electron chi connectivity index (χ1n) is 5.86. The largest absolute Gasteiger partial charge is 0.455 e. The van der Waals surface area contributed by atoms with Crippen LogP contribution in [0.1, 0.15) is 12.5 Å². The lowest BCUT2D eigenvalue weighted by Crippen LogP contribution is -2.11. The van der Waals surface area contributed by atoms with Crippen molar-refractivity contribution in [1.29, 1.82) is 0 Å². The molecule has 2 rings (SSSR count). The lowest BCUT2D eigenvalue weighted by molar-refractivity contribution is 0.475. The molecule has 0 bridgehead atoms. The Labute approximate surface area is 121 Å². The summed E-state index contributed by atoms with van der Waals surface area (Å²) in [6.45, 7) is 3.84. The van der Waals surface area contributed by atoms with Gasteiger partial charge >= 0.3 is 0 Å². The summed E-state index contributed by atoms with van der Waals surface area (Å²) >= 11 is 2.26. The summed E-state index contributed by atoms with van der Waals surface area (Å²) in [6.07, 6.45) is 3.59. The molecule has 18 heavy (non-hydrogen) atoms. The molecule has 3 nitrogen and oxygen atoms in total. The van der Waals surface area contributed by atoms with Crippen molar-refractivity contribution in [2.45, 2.75) is 13.5 Å². The third-order valence-electron chi connectivity index (χ3n) is 2.41. The van der Waals surface area contributed by atoms with Crippen LogP contribution in [0.25, 0.3) is 0 Å². The molecule has 2 aromatic rings. The van der Waals surface area contributed by atoms with E-state index in [1.165, 1.54) is 0 Å². The zero-order valence-corrected chi connectivity index (χ0v) is 12.3. The van der Waals surface area contributed by atoms with E-state index in [1.807, 2.05) is 36.5 Å². The van der Waals surface area contributed by atoms with E-state index in [-0.39, 0.29) is 0 Å². The van der Waals surface area contributed by atoms with Gasteiger partial charge in [0.25, 0.3) is 0 Å².